The van der Waals surface area contributed by atoms with Crippen molar-refractivity contribution in [2.75, 3.05) is 11.5 Å². The molecule has 138 valence electrons. The number of para-hydroxylation sites is 1. The molecule has 3 nitrogen and oxygen atoms in total. The molecule has 2 heterocycles. The Balaban J connectivity index is 2.01. The van der Waals surface area contributed by atoms with E-state index in [1.165, 1.54) is 6.07 Å². The second kappa shape index (κ2) is 7.34. The molecule has 0 N–H and O–H groups in total. The molecule has 0 saturated carbocycles. The van der Waals surface area contributed by atoms with Gasteiger partial charge < -0.3 is 0 Å². The first-order valence-corrected chi connectivity index (χ1v) is 10.8. The van der Waals surface area contributed by atoms with Crippen molar-refractivity contribution in [1.82, 2.24) is 9.55 Å². The predicted octanol–water partition coefficient (Wildman–Crippen LogP) is 5.47. The number of nitrogens with zero attached hydrogens (tertiary/aromatic N) is 2. The molecule has 0 spiro atoms. The van der Waals surface area contributed by atoms with Gasteiger partial charge in [-0.2, -0.15) is 0 Å². The van der Waals surface area contributed by atoms with Crippen molar-refractivity contribution < 1.29 is 9.18 Å². The summed E-state index contributed by atoms with van der Waals surface area (Å²) in [5.74, 6) is 2.21. The molecule has 0 atom stereocenters. The van der Waals surface area contributed by atoms with E-state index in [0.29, 0.717) is 23.4 Å². The zero-order valence-corrected chi connectivity index (χ0v) is 16.9. The van der Waals surface area contributed by atoms with Crippen LogP contribution in [-0.4, -0.2) is 27.3 Å². The number of halogens is 2. The Bertz CT molecular complexity index is 1010. The van der Waals surface area contributed by atoms with Crippen LogP contribution in [0, 0.1) is 12.7 Å². The zero-order valence-electron chi connectivity index (χ0n) is 14.5. The number of benzene rings is 2. The Hall–Kier alpha value is -1.76. The molecule has 1 aliphatic heterocycles. The lowest BCUT2D eigenvalue weighted by Crippen LogP contribution is -2.21. The molecular weight excluding hydrogens is 403 g/mol. The summed E-state index contributed by atoms with van der Waals surface area (Å²) < 4.78 is 16.0. The largest absolute Gasteiger partial charge is 0.296 e. The number of carbonyl (C=O) groups excluding carboxylic acids is 1. The minimum atomic E-state index is -0.592. The maximum absolute atomic E-state index is 14.8. The van der Waals surface area contributed by atoms with Crippen molar-refractivity contribution in [3.8, 4) is 5.69 Å². The van der Waals surface area contributed by atoms with Crippen LogP contribution in [0.5, 0.6) is 0 Å². The highest BCUT2D eigenvalue weighted by Crippen LogP contribution is 2.58. The summed E-state index contributed by atoms with van der Waals surface area (Å²) in [6, 6.07) is 14.7. The summed E-state index contributed by atoms with van der Waals surface area (Å²) in [6.07, 6.45) is 0.712. The Kier molecular flexibility index (Phi) is 5.05. The minimum absolute atomic E-state index is 0.170. The molecule has 4 rings (SSSR count). The highest BCUT2D eigenvalue weighted by Gasteiger charge is 2.43. The van der Waals surface area contributed by atoms with E-state index < -0.39 is 4.08 Å². The number of carbonyl (C=O) groups is 1. The fourth-order valence-electron chi connectivity index (χ4n) is 3.46. The number of rotatable bonds is 4. The van der Waals surface area contributed by atoms with E-state index in [2.05, 4.69) is 4.98 Å². The number of aromatic nitrogens is 2. The van der Waals surface area contributed by atoms with Crippen molar-refractivity contribution in [2.24, 2.45) is 0 Å². The van der Waals surface area contributed by atoms with E-state index in [4.69, 9.17) is 11.6 Å². The molecule has 7 heteroatoms. The van der Waals surface area contributed by atoms with Crippen LogP contribution >= 0.6 is 35.1 Å². The van der Waals surface area contributed by atoms with E-state index in [1.54, 1.807) is 41.1 Å². The Labute approximate surface area is 170 Å². The monoisotopic (exact) mass is 418 g/mol. The number of imidazole rings is 1. The molecular formula is C20H16ClFN2OS2. The second-order valence-corrected chi connectivity index (χ2v) is 9.33. The lowest BCUT2D eigenvalue weighted by atomic mass is 10.0. The molecule has 0 radical (unpaired) electrons. The van der Waals surface area contributed by atoms with E-state index in [1.807, 2.05) is 36.4 Å². The fourth-order valence-corrected chi connectivity index (χ4v) is 7.09. The van der Waals surface area contributed by atoms with E-state index in [9.17, 15) is 9.18 Å². The maximum atomic E-state index is 14.8. The SMILES string of the molecule is Cc1nc(Cl)c(C=O)n1-c1ccccc1C1(c2ccccc2F)SCCS1. The molecule has 0 unspecified atom stereocenters. The standard InChI is InChI=1S/C20H16ClFN2OS2/c1-13-23-19(21)18(12-25)24(13)17-9-5-3-7-15(17)20(26-10-11-27-20)14-6-2-4-8-16(14)22/h2-9,12H,10-11H2,1H3. The Morgan fingerprint density at radius 1 is 1.11 bits per heavy atom. The van der Waals surface area contributed by atoms with Gasteiger partial charge in [-0.05, 0) is 19.1 Å². The second-order valence-electron chi connectivity index (χ2n) is 6.10. The van der Waals surface area contributed by atoms with Crippen molar-refractivity contribution in [3.05, 3.63) is 82.1 Å². The van der Waals surface area contributed by atoms with Crippen LogP contribution < -0.4 is 0 Å². The zero-order chi connectivity index (χ0) is 19.0. The van der Waals surface area contributed by atoms with Gasteiger partial charge in [-0.1, -0.05) is 48.0 Å². The van der Waals surface area contributed by atoms with Crippen LogP contribution in [0.4, 0.5) is 4.39 Å². The van der Waals surface area contributed by atoms with E-state index in [0.717, 1.165) is 22.8 Å². The summed E-state index contributed by atoms with van der Waals surface area (Å²) in [5, 5.41) is 0.170. The van der Waals surface area contributed by atoms with Gasteiger partial charge in [0.05, 0.1) is 5.69 Å². The van der Waals surface area contributed by atoms with Gasteiger partial charge in [0.2, 0.25) is 0 Å². The van der Waals surface area contributed by atoms with Crippen LogP contribution in [0.25, 0.3) is 5.69 Å². The van der Waals surface area contributed by atoms with Gasteiger partial charge in [0, 0.05) is 22.6 Å². The van der Waals surface area contributed by atoms with Crippen molar-refractivity contribution in [1.29, 1.82) is 0 Å². The number of hydrogen-bond acceptors (Lipinski definition) is 4. The van der Waals surface area contributed by atoms with Gasteiger partial charge in [0.25, 0.3) is 0 Å². The van der Waals surface area contributed by atoms with Gasteiger partial charge in [-0.25, -0.2) is 9.37 Å². The average Bonchev–Trinajstić information content (AvgIpc) is 3.27. The van der Waals surface area contributed by atoms with Gasteiger partial charge in [0.1, 0.15) is 21.4 Å². The minimum Gasteiger partial charge on any atom is -0.296 e. The van der Waals surface area contributed by atoms with Crippen LogP contribution in [0.2, 0.25) is 5.15 Å². The van der Waals surface area contributed by atoms with Crippen LogP contribution in [-0.2, 0) is 4.08 Å². The molecule has 1 aliphatic rings. The van der Waals surface area contributed by atoms with Crippen LogP contribution in [0.3, 0.4) is 0 Å². The van der Waals surface area contributed by atoms with Gasteiger partial charge in [0.15, 0.2) is 11.4 Å². The van der Waals surface area contributed by atoms with Crippen LogP contribution in [0.1, 0.15) is 27.4 Å². The Morgan fingerprint density at radius 3 is 2.41 bits per heavy atom. The van der Waals surface area contributed by atoms with Gasteiger partial charge in [-0.15, -0.1) is 23.5 Å². The predicted molar refractivity (Wildman–Crippen MR) is 111 cm³/mol. The Morgan fingerprint density at radius 2 is 1.74 bits per heavy atom. The van der Waals surface area contributed by atoms with Crippen molar-refractivity contribution in [3.63, 3.8) is 0 Å². The third kappa shape index (κ3) is 3.00. The van der Waals surface area contributed by atoms with E-state index in [-0.39, 0.29) is 11.0 Å². The number of aldehydes is 1. The lowest BCUT2D eigenvalue weighted by molar-refractivity contribution is 0.111. The topological polar surface area (TPSA) is 34.9 Å². The molecule has 27 heavy (non-hydrogen) atoms. The molecule has 2 aromatic carbocycles. The third-order valence-corrected chi connectivity index (χ3v) is 8.32. The number of thioether (sulfide) groups is 2. The fraction of sp³-hybridized carbons (Fsp3) is 0.200. The molecule has 1 fully saturated rings. The van der Waals surface area contributed by atoms with Crippen molar-refractivity contribution in [2.45, 2.75) is 11.0 Å². The summed E-state index contributed by atoms with van der Waals surface area (Å²) in [7, 11) is 0. The molecule has 0 amide bonds. The highest BCUT2D eigenvalue weighted by atomic mass is 35.5. The molecule has 1 aromatic heterocycles. The highest BCUT2D eigenvalue weighted by molar-refractivity contribution is 8.20. The number of hydrogen-bond donors (Lipinski definition) is 0. The smallest absolute Gasteiger partial charge is 0.170 e. The van der Waals surface area contributed by atoms with Gasteiger partial charge in [-0.3, -0.25) is 9.36 Å². The van der Waals surface area contributed by atoms with Crippen LogP contribution in [0.15, 0.2) is 48.5 Å². The summed E-state index contributed by atoms with van der Waals surface area (Å²) in [6.45, 7) is 1.81. The summed E-state index contributed by atoms with van der Waals surface area (Å²) in [4.78, 5) is 15.9. The average molecular weight is 419 g/mol. The van der Waals surface area contributed by atoms with E-state index >= 15 is 0 Å². The maximum Gasteiger partial charge on any atom is 0.170 e. The third-order valence-electron chi connectivity index (χ3n) is 4.57. The van der Waals surface area contributed by atoms with Crippen molar-refractivity contribution >= 4 is 41.4 Å². The number of aryl methyl sites for hydroxylation is 1. The molecule has 3 aromatic rings. The summed E-state index contributed by atoms with van der Waals surface area (Å²) in [5.41, 5.74) is 2.67. The first kappa shape index (κ1) is 18.6. The lowest BCUT2D eigenvalue weighted by Gasteiger charge is -2.31. The first-order valence-electron chi connectivity index (χ1n) is 8.41. The quantitative estimate of drug-likeness (QED) is 0.526. The normalized spacial score (nSPS) is 15.8. The first-order chi connectivity index (χ1) is 13.1. The molecule has 0 aliphatic carbocycles. The van der Waals surface area contributed by atoms with Gasteiger partial charge >= 0.3 is 0 Å². The molecule has 0 bridgehead atoms. The summed E-state index contributed by atoms with van der Waals surface area (Å²) >= 11 is 9.58. The molecule has 1 saturated heterocycles.